The van der Waals surface area contributed by atoms with Gasteiger partial charge in [0.1, 0.15) is 0 Å². The minimum Gasteiger partial charge on any atom is -0.454 e. The van der Waals surface area contributed by atoms with Crippen LogP contribution in [0.1, 0.15) is 11.1 Å². The molecule has 0 spiro atoms. The summed E-state index contributed by atoms with van der Waals surface area (Å²) >= 11 is 0. The van der Waals surface area contributed by atoms with Crippen molar-refractivity contribution in [2.75, 3.05) is 12.1 Å². The fourth-order valence-electron chi connectivity index (χ4n) is 2.01. The summed E-state index contributed by atoms with van der Waals surface area (Å²) in [6, 6.07) is 13.5. The number of fused-ring (bicyclic) bond motifs is 1. The minimum absolute atomic E-state index is 0.273. The van der Waals surface area contributed by atoms with Gasteiger partial charge in [0.15, 0.2) is 11.5 Å². The molecule has 0 atom stereocenters. The molecule has 0 saturated heterocycles. The number of hydrogen-bond acceptors (Lipinski definition) is 4. The summed E-state index contributed by atoms with van der Waals surface area (Å²) in [4.78, 5) is 0. The van der Waals surface area contributed by atoms with E-state index in [0.29, 0.717) is 5.56 Å². The van der Waals surface area contributed by atoms with Crippen LogP contribution in [0.15, 0.2) is 36.4 Å². The van der Waals surface area contributed by atoms with E-state index in [1.54, 1.807) is 0 Å². The first kappa shape index (κ1) is 11.4. The summed E-state index contributed by atoms with van der Waals surface area (Å²) in [6.45, 7) is 2.19. The molecular formula is C15H12N2O2. The molecule has 0 aliphatic carbocycles. The highest BCUT2D eigenvalue weighted by Crippen LogP contribution is 2.35. The summed E-state index contributed by atoms with van der Waals surface area (Å²) < 4.78 is 10.6. The molecule has 1 aliphatic rings. The number of nitrogens with one attached hydrogen (secondary N) is 1. The van der Waals surface area contributed by atoms with Crippen molar-refractivity contribution >= 4 is 11.4 Å². The molecule has 2 aromatic carbocycles. The Labute approximate surface area is 111 Å². The summed E-state index contributed by atoms with van der Waals surface area (Å²) in [5.74, 6) is 1.51. The summed E-state index contributed by atoms with van der Waals surface area (Å²) in [5, 5.41) is 12.2. The van der Waals surface area contributed by atoms with Gasteiger partial charge in [0.05, 0.1) is 11.6 Å². The zero-order chi connectivity index (χ0) is 13.2. The van der Waals surface area contributed by atoms with Gasteiger partial charge in [0.25, 0.3) is 0 Å². The molecule has 0 saturated carbocycles. The number of hydrogen-bond donors (Lipinski definition) is 1. The summed E-state index contributed by atoms with van der Waals surface area (Å²) in [7, 11) is 0. The van der Waals surface area contributed by atoms with Gasteiger partial charge in [-0.05, 0) is 42.8 Å². The lowest BCUT2D eigenvalue weighted by atomic mass is 10.1. The van der Waals surface area contributed by atoms with Gasteiger partial charge in [0, 0.05) is 17.4 Å². The molecule has 0 amide bonds. The number of anilines is 2. The molecule has 0 aromatic heterocycles. The van der Waals surface area contributed by atoms with Crippen LogP contribution < -0.4 is 14.8 Å². The third-order valence-corrected chi connectivity index (χ3v) is 3.01. The van der Waals surface area contributed by atoms with Gasteiger partial charge >= 0.3 is 0 Å². The fraction of sp³-hybridized carbons (Fsp3) is 0.133. The maximum atomic E-state index is 8.90. The van der Waals surface area contributed by atoms with Crippen molar-refractivity contribution in [1.29, 1.82) is 5.26 Å². The molecule has 4 heteroatoms. The van der Waals surface area contributed by atoms with E-state index < -0.39 is 0 Å². The molecule has 2 aromatic rings. The average molecular weight is 252 g/mol. The van der Waals surface area contributed by atoms with E-state index in [-0.39, 0.29) is 6.79 Å². The molecule has 0 unspecified atom stereocenters. The van der Waals surface area contributed by atoms with Crippen LogP contribution in [-0.4, -0.2) is 6.79 Å². The Bertz CT molecular complexity index is 665. The molecule has 94 valence electrons. The first-order valence-electron chi connectivity index (χ1n) is 5.94. The van der Waals surface area contributed by atoms with E-state index in [9.17, 15) is 0 Å². The Morgan fingerprint density at radius 2 is 1.79 bits per heavy atom. The van der Waals surface area contributed by atoms with E-state index in [2.05, 4.69) is 11.4 Å². The molecule has 0 bridgehead atoms. The van der Waals surface area contributed by atoms with Crippen molar-refractivity contribution in [3.63, 3.8) is 0 Å². The van der Waals surface area contributed by atoms with Crippen LogP contribution in [0.25, 0.3) is 0 Å². The smallest absolute Gasteiger partial charge is 0.231 e. The Hall–Kier alpha value is -2.67. The molecule has 1 N–H and O–H groups in total. The van der Waals surface area contributed by atoms with Crippen LogP contribution in [0, 0.1) is 18.3 Å². The topological polar surface area (TPSA) is 54.3 Å². The van der Waals surface area contributed by atoms with Gasteiger partial charge in [-0.3, -0.25) is 0 Å². The predicted molar refractivity (Wildman–Crippen MR) is 71.7 cm³/mol. The minimum atomic E-state index is 0.273. The lowest BCUT2D eigenvalue weighted by molar-refractivity contribution is 0.174. The molecule has 1 heterocycles. The maximum absolute atomic E-state index is 8.90. The second-order valence-corrected chi connectivity index (χ2v) is 4.33. The molecular weight excluding hydrogens is 240 g/mol. The van der Waals surface area contributed by atoms with Crippen LogP contribution in [0.2, 0.25) is 0 Å². The van der Waals surface area contributed by atoms with E-state index in [1.807, 2.05) is 43.3 Å². The standard InChI is InChI=1S/C15H12N2O2/c1-10-6-12(3-2-11(10)8-16)17-13-4-5-14-15(7-13)19-9-18-14/h2-7,17H,9H2,1H3. The Morgan fingerprint density at radius 1 is 1.05 bits per heavy atom. The first-order valence-corrected chi connectivity index (χ1v) is 5.94. The zero-order valence-corrected chi connectivity index (χ0v) is 10.4. The quantitative estimate of drug-likeness (QED) is 0.890. The summed E-state index contributed by atoms with van der Waals surface area (Å²) in [6.07, 6.45) is 0. The van der Waals surface area contributed by atoms with Gasteiger partial charge in [-0.25, -0.2) is 0 Å². The van der Waals surface area contributed by atoms with Crippen LogP contribution >= 0.6 is 0 Å². The van der Waals surface area contributed by atoms with Gasteiger partial charge in [-0.2, -0.15) is 5.26 Å². The van der Waals surface area contributed by atoms with Gasteiger partial charge < -0.3 is 14.8 Å². The second kappa shape index (κ2) is 4.54. The molecule has 0 radical (unpaired) electrons. The molecule has 4 nitrogen and oxygen atoms in total. The van der Waals surface area contributed by atoms with Crippen molar-refractivity contribution in [3.05, 3.63) is 47.5 Å². The SMILES string of the molecule is Cc1cc(Nc2ccc3c(c2)OCO3)ccc1C#N. The van der Waals surface area contributed by atoms with Crippen LogP contribution in [0.4, 0.5) is 11.4 Å². The molecule has 1 aliphatic heterocycles. The van der Waals surface area contributed by atoms with Crippen molar-refractivity contribution in [1.82, 2.24) is 0 Å². The Kier molecular flexibility index (Phi) is 2.73. The fourth-order valence-corrected chi connectivity index (χ4v) is 2.01. The normalized spacial score (nSPS) is 12.0. The summed E-state index contributed by atoms with van der Waals surface area (Å²) in [5.41, 5.74) is 3.51. The number of aryl methyl sites for hydroxylation is 1. The molecule has 3 rings (SSSR count). The molecule has 0 fully saturated rings. The Balaban J connectivity index is 1.85. The highest BCUT2D eigenvalue weighted by atomic mass is 16.7. The van der Waals surface area contributed by atoms with Crippen molar-refractivity contribution in [2.24, 2.45) is 0 Å². The number of ether oxygens (including phenoxy) is 2. The second-order valence-electron chi connectivity index (χ2n) is 4.33. The average Bonchev–Trinajstić information content (AvgIpc) is 2.86. The van der Waals surface area contributed by atoms with E-state index in [0.717, 1.165) is 28.4 Å². The number of benzene rings is 2. The van der Waals surface area contributed by atoms with Gasteiger partial charge in [0.2, 0.25) is 6.79 Å². The zero-order valence-electron chi connectivity index (χ0n) is 10.4. The highest BCUT2D eigenvalue weighted by molar-refractivity contribution is 5.65. The van der Waals surface area contributed by atoms with Crippen LogP contribution in [-0.2, 0) is 0 Å². The first-order chi connectivity index (χ1) is 9.26. The van der Waals surface area contributed by atoms with E-state index in [1.165, 1.54) is 0 Å². The van der Waals surface area contributed by atoms with Crippen LogP contribution in [0.3, 0.4) is 0 Å². The van der Waals surface area contributed by atoms with Crippen LogP contribution in [0.5, 0.6) is 11.5 Å². The maximum Gasteiger partial charge on any atom is 0.231 e. The lowest BCUT2D eigenvalue weighted by Gasteiger charge is -2.08. The van der Waals surface area contributed by atoms with E-state index in [4.69, 9.17) is 14.7 Å². The van der Waals surface area contributed by atoms with Crippen molar-refractivity contribution in [3.8, 4) is 17.6 Å². The number of nitrogens with zero attached hydrogens (tertiary/aromatic N) is 1. The van der Waals surface area contributed by atoms with Crippen molar-refractivity contribution in [2.45, 2.75) is 6.92 Å². The highest BCUT2D eigenvalue weighted by Gasteiger charge is 2.13. The molecule has 19 heavy (non-hydrogen) atoms. The Morgan fingerprint density at radius 3 is 2.58 bits per heavy atom. The predicted octanol–water partition coefficient (Wildman–Crippen LogP) is 3.34. The van der Waals surface area contributed by atoms with Gasteiger partial charge in [-0.15, -0.1) is 0 Å². The third kappa shape index (κ3) is 2.18. The van der Waals surface area contributed by atoms with E-state index >= 15 is 0 Å². The lowest BCUT2D eigenvalue weighted by Crippen LogP contribution is -1.93. The van der Waals surface area contributed by atoms with Gasteiger partial charge in [-0.1, -0.05) is 0 Å². The monoisotopic (exact) mass is 252 g/mol. The third-order valence-electron chi connectivity index (χ3n) is 3.01. The van der Waals surface area contributed by atoms with Crippen molar-refractivity contribution < 1.29 is 9.47 Å². The largest absolute Gasteiger partial charge is 0.454 e. The number of rotatable bonds is 2. The number of nitriles is 1.